The van der Waals surface area contributed by atoms with Gasteiger partial charge in [-0.05, 0) is 51.4 Å². The van der Waals surface area contributed by atoms with Crippen molar-refractivity contribution in [1.29, 1.82) is 0 Å². The standard InChI is InChI=1S/C88H163O25P/c1-5-9-13-17-21-25-29-33-34-35-39-41-44-48-52-56-60-71(90)104-65-68(107-73(92)62-58-54-50-46-42-37-31-27-23-19-15-11-7-3)66-106-114(102,103)113-86-84(111-87-81(100)77(96)75(94)69(64-89)108-87)80(99)79(98)83(110-74(93)63-59-55-51-47-43-38-32-28-24-20-16-12-8-4)85(86)112-88-82(101)78(97)76(95)70(109-88)67-105-72(91)61-57-53-49-45-40-36-30-26-22-18-14-10-6-2/h38,43,68-70,75-89,94-101H,5-37,39-42,44-67H2,1-4H3,(H,102,103)/b43-38-. The molecule has 1 saturated carbocycles. The van der Waals surface area contributed by atoms with Crippen molar-refractivity contribution in [3.05, 3.63) is 12.2 Å². The topological polar surface area (TPSA) is 380 Å². The zero-order chi connectivity index (χ0) is 83.2. The van der Waals surface area contributed by atoms with Gasteiger partial charge in [-0.15, -0.1) is 0 Å². The van der Waals surface area contributed by atoms with E-state index in [-0.39, 0.29) is 32.1 Å². The molecule has 0 aromatic heterocycles. The first-order chi connectivity index (χ1) is 55.2. The summed E-state index contributed by atoms with van der Waals surface area (Å²) in [5, 5.41) is 102. The van der Waals surface area contributed by atoms with Crippen LogP contribution in [0.15, 0.2) is 12.2 Å². The lowest BCUT2D eigenvalue weighted by Gasteiger charge is -2.50. The average Bonchev–Trinajstić information content (AvgIpc) is 0.754. The van der Waals surface area contributed by atoms with E-state index in [4.69, 9.17) is 46.9 Å². The zero-order valence-electron chi connectivity index (χ0n) is 71.1. The van der Waals surface area contributed by atoms with Crippen molar-refractivity contribution in [2.75, 3.05) is 26.4 Å². The van der Waals surface area contributed by atoms with Gasteiger partial charge in [-0.3, -0.25) is 28.2 Å². The van der Waals surface area contributed by atoms with E-state index in [0.717, 1.165) is 122 Å². The summed E-state index contributed by atoms with van der Waals surface area (Å²) in [5.41, 5.74) is 0. The van der Waals surface area contributed by atoms with Crippen LogP contribution in [0.2, 0.25) is 0 Å². The highest BCUT2D eigenvalue weighted by Gasteiger charge is 2.60. The maximum Gasteiger partial charge on any atom is 0.472 e. The van der Waals surface area contributed by atoms with E-state index in [0.29, 0.717) is 32.1 Å². The number of allylic oxidation sites excluding steroid dienone is 2. The lowest BCUT2D eigenvalue weighted by atomic mass is 9.84. The van der Waals surface area contributed by atoms with Gasteiger partial charge < -0.3 is 88.7 Å². The highest BCUT2D eigenvalue weighted by molar-refractivity contribution is 7.47. The number of phosphoric acid groups is 1. The molecule has 18 unspecified atom stereocenters. The number of carbonyl (C=O) groups is 4. The Bertz CT molecular complexity index is 2430. The van der Waals surface area contributed by atoms with Crippen molar-refractivity contribution in [3.8, 4) is 0 Å². The molecule has 0 radical (unpaired) electrons. The average molecular weight is 1650 g/mol. The Balaban J connectivity index is 1.92. The lowest BCUT2D eigenvalue weighted by Crippen LogP contribution is -2.70. The third kappa shape index (κ3) is 48.0. The Kier molecular flexibility index (Phi) is 62.7. The smallest absolute Gasteiger partial charge is 0.463 e. The minimum absolute atomic E-state index is 0.0168. The largest absolute Gasteiger partial charge is 0.472 e. The molecule has 1 aliphatic carbocycles. The van der Waals surface area contributed by atoms with Crippen molar-refractivity contribution in [2.45, 2.75) is 498 Å². The second kappa shape index (κ2) is 67.8. The molecule has 0 amide bonds. The van der Waals surface area contributed by atoms with E-state index in [9.17, 15) is 74.6 Å². The summed E-state index contributed by atoms with van der Waals surface area (Å²) in [5.74, 6) is -2.97. The third-order valence-corrected chi connectivity index (χ3v) is 23.5. The Labute approximate surface area is 686 Å². The number of unbranched alkanes of at least 4 members (excludes halogenated alkanes) is 48. The number of aliphatic hydroxyl groups is 9. The van der Waals surface area contributed by atoms with Crippen LogP contribution < -0.4 is 0 Å². The van der Waals surface area contributed by atoms with Gasteiger partial charge in [0.2, 0.25) is 0 Å². The van der Waals surface area contributed by atoms with Gasteiger partial charge in [0, 0.05) is 25.7 Å². The van der Waals surface area contributed by atoms with Crippen LogP contribution in [-0.4, -0.2) is 205 Å². The van der Waals surface area contributed by atoms with Crippen LogP contribution in [-0.2, 0) is 70.7 Å². The fourth-order valence-corrected chi connectivity index (χ4v) is 16.2. The van der Waals surface area contributed by atoms with Gasteiger partial charge in [-0.25, -0.2) is 4.57 Å². The van der Waals surface area contributed by atoms with Gasteiger partial charge >= 0.3 is 31.7 Å². The maximum atomic E-state index is 14.9. The van der Waals surface area contributed by atoms with E-state index in [1.807, 2.05) is 0 Å². The van der Waals surface area contributed by atoms with Crippen LogP contribution in [0.3, 0.4) is 0 Å². The van der Waals surface area contributed by atoms with Crippen LogP contribution in [0.4, 0.5) is 0 Å². The van der Waals surface area contributed by atoms with Gasteiger partial charge in [0.1, 0.15) is 92.6 Å². The zero-order valence-corrected chi connectivity index (χ0v) is 72.0. The monoisotopic (exact) mass is 1650 g/mol. The first kappa shape index (κ1) is 105. The van der Waals surface area contributed by atoms with Gasteiger partial charge in [0.15, 0.2) is 24.8 Å². The number of esters is 4. The molecular formula is C88H163O25P. The molecule has 0 aromatic rings. The molecular weight excluding hydrogens is 1490 g/mol. The molecule has 2 saturated heterocycles. The molecule has 10 N–H and O–H groups in total. The summed E-state index contributed by atoms with van der Waals surface area (Å²) in [7, 11) is -5.80. The Morgan fingerprint density at radius 2 is 0.658 bits per heavy atom. The first-order valence-electron chi connectivity index (χ1n) is 45.9. The molecule has 2 aliphatic heterocycles. The van der Waals surface area contributed by atoms with Crippen molar-refractivity contribution >= 4 is 31.7 Å². The second-order valence-electron chi connectivity index (χ2n) is 32.8. The number of ether oxygens (including phenoxy) is 8. The predicted molar refractivity (Wildman–Crippen MR) is 440 cm³/mol. The Morgan fingerprint density at radius 1 is 0.342 bits per heavy atom. The highest BCUT2D eigenvalue weighted by Crippen LogP contribution is 2.49. The van der Waals surface area contributed by atoms with Gasteiger partial charge in [-0.1, -0.05) is 329 Å². The minimum Gasteiger partial charge on any atom is -0.463 e. The minimum atomic E-state index is -5.80. The third-order valence-electron chi connectivity index (χ3n) is 22.5. The van der Waals surface area contributed by atoms with Crippen LogP contribution >= 0.6 is 7.82 Å². The molecule has 0 bridgehead atoms. The fraction of sp³-hybridized carbons (Fsp3) is 0.932. The first-order valence-corrected chi connectivity index (χ1v) is 47.4. The maximum absolute atomic E-state index is 14.9. The molecule has 2 heterocycles. The SMILES string of the molecule is CCCCCCCC/C=C\CCCCCC(=O)OC1C(O)C(O)C(OC2OC(CO)C(O)C(O)C2O)C(OP(=O)(O)OCC(COC(=O)CCCCCCCCCCCCCCCCCC)OC(=O)CCCCCCCCCCCCCCC)C1OC1OC(COC(=O)CCCCCCCCCCCCCCC)C(O)C(O)C1O. The van der Waals surface area contributed by atoms with Gasteiger partial charge in [0.05, 0.1) is 13.2 Å². The summed E-state index contributed by atoms with van der Waals surface area (Å²) in [4.78, 5) is 66.3. The number of carbonyl (C=O) groups excluding carboxylic acids is 4. The second-order valence-corrected chi connectivity index (χ2v) is 34.2. The van der Waals surface area contributed by atoms with E-state index in [1.165, 1.54) is 180 Å². The number of hydrogen-bond donors (Lipinski definition) is 10. The molecule has 3 aliphatic rings. The van der Waals surface area contributed by atoms with E-state index >= 15 is 0 Å². The molecule has 25 nitrogen and oxygen atoms in total. The van der Waals surface area contributed by atoms with Crippen LogP contribution in [0.1, 0.15) is 394 Å². The molecule has 18 atom stereocenters. The molecule has 0 spiro atoms. The van der Waals surface area contributed by atoms with Crippen molar-refractivity contribution in [2.24, 2.45) is 0 Å². The molecule has 0 aromatic carbocycles. The molecule has 26 heteroatoms. The van der Waals surface area contributed by atoms with Crippen LogP contribution in [0.25, 0.3) is 0 Å². The predicted octanol–water partition coefficient (Wildman–Crippen LogP) is 16.4. The van der Waals surface area contributed by atoms with Gasteiger partial charge in [-0.2, -0.15) is 0 Å². The number of hydrogen-bond acceptors (Lipinski definition) is 24. The number of aliphatic hydroxyl groups excluding tert-OH is 9. The summed E-state index contributed by atoms with van der Waals surface area (Å²) in [6, 6.07) is 0. The van der Waals surface area contributed by atoms with Gasteiger partial charge in [0.25, 0.3) is 0 Å². The quantitative estimate of drug-likeness (QED) is 0.00889. The Hall–Kier alpha value is -2.79. The Morgan fingerprint density at radius 3 is 1.05 bits per heavy atom. The van der Waals surface area contributed by atoms with Crippen LogP contribution in [0.5, 0.6) is 0 Å². The van der Waals surface area contributed by atoms with Crippen LogP contribution in [0, 0.1) is 0 Å². The number of rotatable bonds is 74. The van der Waals surface area contributed by atoms with Crippen molar-refractivity contribution in [3.63, 3.8) is 0 Å². The molecule has 114 heavy (non-hydrogen) atoms. The van der Waals surface area contributed by atoms with E-state index in [2.05, 4.69) is 39.8 Å². The van der Waals surface area contributed by atoms with Crippen molar-refractivity contribution < 1.29 is 122 Å². The highest BCUT2D eigenvalue weighted by atomic mass is 31.2. The normalized spacial score (nSPS) is 25.4. The summed E-state index contributed by atoms with van der Waals surface area (Å²) in [6.45, 7) is 5.58. The molecule has 3 fully saturated rings. The summed E-state index contributed by atoms with van der Waals surface area (Å²) < 4.78 is 73.3. The summed E-state index contributed by atoms with van der Waals surface area (Å²) in [6.07, 6.45) is 25.1. The fourth-order valence-electron chi connectivity index (χ4n) is 15.2. The van der Waals surface area contributed by atoms with Crippen molar-refractivity contribution in [1.82, 2.24) is 0 Å². The molecule has 3 rings (SSSR count). The number of phosphoric ester groups is 1. The van der Waals surface area contributed by atoms with E-state index in [1.54, 1.807) is 0 Å². The summed E-state index contributed by atoms with van der Waals surface area (Å²) >= 11 is 0. The van der Waals surface area contributed by atoms with E-state index < -0.39 is 162 Å². The molecule has 670 valence electrons. The lowest BCUT2D eigenvalue weighted by molar-refractivity contribution is -0.360.